The van der Waals surface area contributed by atoms with E-state index in [1.807, 2.05) is 6.92 Å². The highest BCUT2D eigenvalue weighted by Crippen LogP contribution is 2.56. The molecule has 0 heterocycles. The molecule has 0 aromatic rings. The Bertz CT molecular complexity index is 281. The summed E-state index contributed by atoms with van der Waals surface area (Å²) in [6, 6.07) is 0. The normalized spacial score (nSPS) is 29.4. The van der Waals surface area contributed by atoms with E-state index in [0.29, 0.717) is 12.5 Å². The molecule has 0 aliphatic heterocycles. The van der Waals surface area contributed by atoms with Crippen LogP contribution in [0.25, 0.3) is 0 Å². The zero-order valence-corrected chi connectivity index (χ0v) is 12.3. The Morgan fingerprint density at radius 2 is 1.76 bits per heavy atom. The van der Waals surface area contributed by atoms with Gasteiger partial charge in [-0.3, -0.25) is 4.79 Å². The molecule has 1 fully saturated rings. The van der Waals surface area contributed by atoms with Gasteiger partial charge in [0.2, 0.25) is 0 Å². The molecular formula is C15H28O2. The number of esters is 1. The van der Waals surface area contributed by atoms with Gasteiger partial charge in [-0.25, -0.2) is 0 Å². The fourth-order valence-corrected chi connectivity index (χ4v) is 2.96. The summed E-state index contributed by atoms with van der Waals surface area (Å²) < 4.78 is 5.40. The van der Waals surface area contributed by atoms with Gasteiger partial charge in [0.05, 0.1) is 12.5 Å². The molecular weight excluding hydrogens is 212 g/mol. The second-order valence-electron chi connectivity index (χ2n) is 6.90. The molecule has 1 rings (SSSR count). The van der Waals surface area contributed by atoms with Crippen molar-refractivity contribution in [3.8, 4) is 0 Å². The minimum Gasteiger partial charge on any atom is -0.465 e. The van der Waals surface area contributed by atoms with Crippen LogP contribution < -0.4 is 0 Å². The summed E-state index contributed by atoms with van der Waals surface area (Å²) in [4.78, 5) is 12.1. The van der Waals surface area contributed by atoms with Crippen LogP contribution in [0.2, 0.25) is 0 Å². The van der Waals surface area contributed by atoms with Gasteiger partial charge in [0.1, 0.15) is 0 Å². The van der Waals surface area contributed by atoms with Gasteiger partial charge in [-0.05, 0) is 29.6 Å². The number of rotatable bonds is 4. The van der Waals surface area contributed by atoms with E-state index in [2.05, 4.69) is 34.6 Å². The molecule has 0 N–H and O–H groups in total. The van der Waals surface area contributed by atoms with Crippen LogP contribution in [-0.4, -0.2) is 12.6 Å². The average molecular weight is 240 g/mol. The van der Waals surface area contributed by atoms with E-state index in [-0.39, 0.29) is 22.7 Å². The molecule has 2 nitrogen and oxygen atoms in total. The van der Waals surface area contributed by atoms with Crippen LogP contribution >= 0.6 is 0 Å². The van der Waals surface area contributed by atoms with E-state index < -0.39 is 0 Å². The summed E-state index contributed by atoms with van der Waals surface area (Å²) in [6.45, 7) is 13.5. The molecule has 0 aromatic carbocycles. The maximum Gasteiger partial charge on any atom is 0.309 e. The first-order valence-corrected chi connectivity index (χ1v) is 6.87. The summed E-state index contributed by atoms with van der Waals surface area (Å²) in [6.07, 6.45) is 3.58. The van der Waals surface area contributed by atoms with Crippen LogP contribution in [0, 0.1) is 22.7 Å². The van der Waals surface area contributed by atoms with Crippen LogP contribution in [0.15, 0.2) is 0 Å². The maximum absolute atomic E-state index is 12.1. The molecule has 100 valence electrons. The van der Waals surface area contributed by atoms with Crippen molar-refractivity contribution >= 4 is 5.97 Å². The quantitative estimate of drug-likeness (QED) is 0.693. The molecule has 0 amide bonds. The molecule has 0 aromatic heterocycles. The molecule has 2 unspecified atom stereocenters. The third kappa shape index (κ3) is 2.83. The average Bonchev–Trinajstić information content (AvgIpc) is 2.50. The van der Waals surface area contributed by atoms with Crippen molar-refractivity contribution in [2.24, 2.45) is 22.7 Å². The van der Waals surface area contributed by atoms with Crippen molar-refractivity contribution in [1.29, 1.82) is 0 Å². The molecule has 17 heavy (non-hydrogen) atoms. The van der Waals surface area contributed by atoms with Gasteiger partial charge in [0.15, 0.2) is 0 Å². The minimum atomic E-state index is -0.0174. The second kappa shape index (κ2) is 4.99. The van der Waals surface area contributed by atoms with E-state index in [0.717, 1.165) is 6.42 Å². The van der Waals surface area contributed by atoms with Crippen molar-refractivity contribution < 1.29 is 9.53 Å². The highest BCUT2D eigenvalue weighted by molar-refractivity contribution is 5.73. The number of carbonyl (C=O) groups excluding carboxylic acids is 1. The third-order valence-electron chi connectivity index (χ3n) is 4.91. The Morgan fingerprint density at radius 1 is 1.18 bits per heavy atom. The zero-order valence-electron chi connectivity index (χ0n) is 12.3. The van der Waals surface area contributed by atoms with E-state index in [4.69, 9.17) is 4.74 Å². The zero-order chi connectivity index (χ0) is 13.3. The first-order valence-electron chi connectivity index (χ1n) is 6.87. The van der Waals surface area contributed by atoms with Gasteiger partial charge in [0, 0.05) is 0 Å². The predicted molar refractivity (Wildman–Crippen MR) is 70.7 cm³/mol. The molecule has 0 saturated heterocycles. The Morgan fingerprint density at radius 3 is 2.18 bits per heavy atom. The number of hydrogen-bond donors (Lipinski definition) is 0. The van der Waals surface area contributed by atoms with Crippen LogP contribution in [-0.2, 0) is 9.53 Å². The Labute approximate surface area is 106 Å². The van der Waals surface area contributed by atoms with Crippen molar-refractivity contribution in [3.05, 3.63) is 0 Å². The predicted octanol–water partition coefficient (Wildman–Crippen LogP) is 4.04. The fraction of sp³-hybridized carbons (Fsp3) is 0.933. The second-order valence-corrected chi connectivity index (χ2v) is 6.90. The van der Waals surface area contributed by atoms with Crippen LogP contribution in [0.4, 0.5) is 0 Å². The highest BCUT2D eigenvalue weighted by atomic mass is 16.5. The largest absolute Gasteiger partial charge is 0.465 e. The summed E-state index contributed by atoms with van der Waals surface area (Å²) in [7, 11) is 0. The first-order chi connectivity index (χ1) is 7.71. The molecule has 2 heteroatoms. The minimum absolute atomic E-state index is 0.00116. The summed E-state index contributed by atoms with van der Waals surface area (Å²) in [5.74, 6) is 0.394. The SMILES string of the molecule is CC(C)COC(=O)C(C)C1(C)CCCC1(C)C. The lowest BCUT2D eigenvalue weighted by Crippen LogP contribution is -2.40. The van der Waals surface area contributed by atoms with Gasteiger partial charge < -0.3 is 4.74 Å². The molecule has 1 aliphatic rings. The van der Waals surface area contributed by atoms with Crippen LogP contribution in [0.1, 0.15) is 60.8 Å². The Kier molecular flexibility index (Phi) is 4.27. The fourth-order valence-electron chi connectivity index (χ4n) is 2.96. The van der Waals surface area contributed by atoms with Crippen LogP contribution in [0.5, 0.6) is 0 Å². The van der Waals surface area contributed by atoms with Gasteiger partial charge in [-0.2, -0.15) is 0 Å². The Hall–Kier alpha value is -0.530. The van der Waals surface area contributed by atoms with Gasteiger partial charge in [-0.15, -0.1) is 0 Å². The number of ether oxygens (including phenoxy) is 1. The van der Waals surface area contributed by atoms with Crippen molar-refractivity contribution in [2.45, 2.75) is 60.8 Å². The van der Waals surface area contributed by atoms with Crippen LogP contribution in [0.3, 0.4) is 0 Å². The monoisotopic (exact) mass is 240 g/mol. The first kappa shape index (κ1) is 14.5. The summed E-state index contributed by atoms with van der Waals surface area (Å²) in [5, 5.41) is 0. The topological polar surface area (TPSA) is 26.3 Å². The van der Waals surface area contributed by atoms with E-state index in [1.54, 1.807) is 0 Å². The summed E-state index contributed by atoms with van der Waals surface area (Å²) >= 11 is 0. The molecule has 0 bridgehead atoms. The Balaban J connectivity index is 2.68. The van der Waals surface area contributed by atoms with Crippen molar-refractivity contribution in [3.63, 3.8) is 0 Å². The smallest absolute Gasteiger partial charge is 0.309 e. The van der Waals surface area contributed by atoms with E-state index in [9.17, 15) is 4.79 Å². The van der Waals surface area contributed by atoms with Crippen molar-refractivity contribution in [2.75, 3.05) is 6.61 Å². The van der Waals surface area contributed by atoms with E-state index >= 15 is 0 Å². The molecule has 2 atom stereocenters. The molecule has 0 radical (unpaired) electrons. The molecule has 1 saturated carbocycles. The lowest BCUT2D eigenvalue weighted by atomic mass is 9.62. The highest BCUT2D eigenvalue weighted by Gasteiger charge is 2.51. The molecule has 1 aliphatic carbocycles. The van der Waals surface area contributed by atoms with Gasteiger partial charge in [0.25, 0.3) is 0 Å². The van der Waals surface area contributed by atoms with Crippen molar-refractivity contribution in [1.82, 2.24) is 0 Å². The molecule has 0 spiro atoms. The van der Waals surface area contributed by atoms with Gasteiger partial charge in [-0.1, -0.05) is 48.0 Å². The number of carbonyl (C=O) groups is 1. The standard InChI is InChI=1S/C15H28O2/c1-11(2)10-17-13(16)12(3)15(6)9-7-8-14(15,4)5/h11-12H,7-10H2,1-6H3. The third-order valence-corrected chi connectivity index (χ3v) is 4.91. The lowest BCUT2D eigenvalue weighted by Gasteiger charge is -2.42. The maximum atomic E-state index is 12.1. The van der Waals surface area contributed by atoms with Gasteiger partial charge >= 0.3 is 5.97 Å². The summed E-state index contributed by atoms with van der Waals surface area (Å²) in [5.41, 5.74) is 0.324. The lowest BCUT2D eigenvalue weighted by molar-refractivity contribution is -0.156. The van der Waals surface area contributed by atoms with E-state index in [1.165, 1.54) is 12.8 Å². The number of hydrogen-bond acceptors (Lipinski definition) is 2.